The summed E-state index contributed by atoms with van der Waals surface area (Å²) in [6.07, 6.45) is 2.02. The van der Waals surface area contributed by atoms with Crippen molar-refractivity contribution >= 4 is 17.3 Å². The van der Waals surface area contributed by atoms with Crippen LogP contribution in [0.3, 0.4) is 0 Å². The number of anilines is 1. The number of rotatable bonds is 6. The number of halogens is 3. The van der Waals surface area contributed by atoms with Crippen LogP contribution < -0.4 is 10.6 Å². The summed E-state index contributed by atoms with van der Waals surface area (Å²) in [7, 11) is 0. The fourth-order valence-electron chi connectivity index (χ4n) is 3.31. The Morgan fingerprint density at radius 1 is 1.21 bits per heavy atom. The Morgan fingerprint density at radius 3 is 2.59 bits per heavy atom. The summed E-state index contributed by atoms with van der Waals surface area (Å²) in [5.74, 6) is -2.30. The van der Waals surface area contributed by atoms with Gasteiger partial charge in [0.05, 0.1) is 6.04 Å². The third-order valence-corrected chi connectivity index (χ3v) is 4.84. The average Bonchev–Trinajstić information content (AvgIpc) is 2.70. The molecule has 1 unspecified atom stereocenters. The lowest BCUT2D eigenvalue weighted by Gasteiger charge is -2.33. The van der Waals surface area contributed by atoms with Gasteiger partial charge in [-0.15, -0.1) is 0 Å². The van der Waals surface area contributed by atoms with Crippen molar-refractivity contribution in [3.05, 3.63) is 71.2 Å². The molecule has 1 heterocycles. The molecule has 0 fully saturated rings. The lowest BCUT2D eigenvalue weighted by molar-refractivity contribution is 0.194. The predicted molar refractivity (Wildman–Crippen MR) is 104 cm³/mol. The maximum absolute atomic E-state index is 13.8. The topological polar surface area (TPSA) is 64.6 Å². The van der Waals surface area contributed by atoms with Crippen molar-refractivity contribution in [2.24, 2.45) is 0 Å². The van der Waals surface area contributed by atoms with Crippen LogP contribution in [0.1, 0.15) is 24.5 Å². The van der Waals surface area contributed by atoms with Crippen LogP contribution in [0.5, 0.6) is 0 Å². The van der Waals surface area contributed by atoms with Crippen LogP contribution in [-0.4, -0.2) is 35.2 Å². The molecule has 3 rings (SSSR count). The molecule has 0 aromatic heterocycles. The lowest BCUT2D eigenvalue weighted by atomic mass is 9.92. The summed E-state index contributed by atoms with van der Waals surface area (Å²) < 4.78 is 40.6. The van der Waals surface area contributed by atoms with Gasteiger partial charge in [0.15, 0.2) is 11.6 Å². The van der Waals surface area contributed by atoms with Gasteiger partial charge in [-0.3, -0.25) is 0 Å². The summed E-state index contributed by atoms with van der Waals surface area (Å²) in [4.78, 5) is 14.4. The van der Waals surface area contributed by atoms with Gasteiger partial charge in [-0.05, 0) is 66.4 Å². The number of urea groups is 1. The fraction of sp³-hybridized carbons (Fsp3) is 0.286. The largest absolute Gasteiger partial charge is 0.396 e. The Labute approximate surface area is 166 Å². The zero-order valence-electron chi connectivity index (χ0n) is 15.9. The van der Waals surface area contributed by atoms with Crippen LogP contribution in [0.25, 0.3) is 5.57 Å². The summed E-state index contributed by atoms with van der Waals surface area (Å²) in [6.45, 7) is 2.24. The van der Waals surface area contributed by atoms with Crippen molar-refractivity contribution in [2.75, 3.05) is 18.5 Å². The number of hydrogen-bond donors (Lipinski definition) is 3. The molecule has 0 saturated heterocycles. The van der Waals surface area contributed by atoms with Crippen LogP contribution in [0.2, 0.25) is 0 Å². The summed E-state index contributed by atoms with van der Waals surface area (Å²) in [5.41, 5.74) is 2.16. The SMILES string of the molecule is CC(C1=CNCc2cc(F)c(F)cc21)N(CCCO)C(=O)Nc1ccc(F)cc1. The number of amides is 2. The molecule has 2 amide bonds. The maximum atomic E-state index is 13.8. The molecular formula is C21H22F3N3O2. The predicted octanol–water partition coefficient (Wildman–Crippen LogP) is 3.85. The average molecular weight is 405 g/mol. The van der Waals surface area contributed by atoms with E-state index in [1.807, 2.05) is 0 Å². The van der Waals surface area contributed by atoms with E-state index in [1.54, 1.807) is 13.1 Å². The number of benzene rings is 2. The van der Waals surface area contributed by atoms with E-state index in [0.29, 0.717) is 35.4 Å². The summed E-state index contributed by atoms with van der Waals surface area (Å²) in [5, 5.41) is 14.9. The molecule has 0 spiro atoms. The van der Waals surface area contributed by atoms with E-state index in [4.69, 9.17) is 0 Å². The van der Waals surface area contributed by atoms with E-state index >= 15 is 0 Å². The first-order valence-corrected chi connectivity index (χ1v) is 9.26. The molecule has 0 aliphatic carbocycles. The normalized spacial score (nSPS) is 13.8. The van der Waals surface area contributed by atoms with Crippen molar-refractivity contribution in [2.45, 2.75) is 25.9 Å². The van der Waals surface area contributed by atoms with Gasteiger partial charge in [-0.1, -0.05) is 0 Å². The van der Waals surface area contributed by atoms with Crippen molar-refractivity contribution in [1.82, 2.24) is 10.2 Å². The first kappa shape index (κ1) is 20.7. The van der Waals surface area contributed by atoms with Crippen molar-refractivity contribution < 1.29 is 23.1 Å². The Bertz CT molecular complexity index is 916. The molecule has 2 aromatic rings. The van der Waals surface area contributed by atoms with Gasteiger partial charge in [0, 0.05) is 31.6 Å². The molecule has 5 nitrogen and oxygen atoms in total. The van der Waals surface area contributed by atoms with Crippen molar-refractivity contribution in [3.8, 4) is 0 Å². The highest BCUT2D eigenvalue weighted by molar-refractivity contribution is 5.91. The number of nitrogens with one attached hydrogen (secondary N) is 2. The van der Waals surface area contributed by atoms with Crippen LogP contribution in [0, 0.1) is 17.5 Å². The van der Waals surface area contributed by atoms with Gasteiger partial charge in [-0.2, -0.15) is 0 Å². The molecule has 0 bridgehead atoms. The molecule has 1 aliphatic rings. The van der Waals surface area contributed by atoms with Gasteiger partial charge in [0.2, 0.25) is 0 Å². The molecule has 1 aliphatic heterocycles. The third-order valence-electron chi connectivity index (χ3n) is 4.84. The van der Waals surface area contributed by atoms with Crippen LogP contribution in [0.15, 0.2) is 42.6 Å². The highest BCUT2D eigenvalue weighted by Crippen LogP contribution is 2.30. The molecule has 2 aromatic carbocycles. The Hall–Kier alpha value is -3.00. The molecule has 154 valence electrons. The van der Waals surface area contributed by atoms with Gasteiger partial charge >= 0.3 is 6.03 Å². The summed E-state index contributed by atoms with van der Waals surface area (Å²) >= 11 is 0. The standard InChI is InChI=1S/C21H22F3N3O2/c1-13(18-12-25-11-14-9-19(23)20(24)10-17(14)18)27(7-2-8-28)21(29)26-16-5-3-15(22)4-6-16/h3-6,9-10,12-13,25,28H,2,7-8,11H2,1H3,(H,26,29). The lowest BCUT2D eigenvalue weighted by Crippen LogP contribution is -2.43. The number of aliphatic hydroxyl groups excluding tert-OH is 1. The van der Waals surface area contributed by atoms with E-state index < -0.39 is 29.5 Å². The molecule has 29 heavy (non-hydrogen) atoms. The number of carbonyl (C=O) groups excluding carboxylic acids is 1. The van der Waals surface area contributed by atoms with Gasteiger partial charge in [0.25, 0.3) is 0 Å². The van der Waals surface area contributed by atoms with Crippen LogP contribution in [-0.2, 0) is 6.54 Å². The van der Waals surface area contributed by atoms with E-state index in [9.17, 15) is 23.1 Å². The first-order chi connectivity index (χ1) is 13.9. The minimum Gasteiger partial charge on any atom is -0.396 e. The maximum Gasteiger partial charge on any atom is 0.322 e. The highest BCUT2D eigenvalue weighted by atomic mass is 19.2. The smallest absolute Gasteiger partial charge is 0.322 e. The van der Waals surface area contributed by atoms with Gasteiger partial charge in [-0.25, -0.2) is 18.0 Å². The number of fused-ring (bicyclic) bond motifs is 1. The van der Waals surface area contributed by atoms with Crippen molar-refractivity contribution in [3.63, 3.8) is 0 Å². The molecular weight excluding hydrogens is 383 g/mol. The molecule has 8 heteroatoms. The second-order valence-electron chi connectivity index (χ2n) is 6.79. The molecule has 1 atom stereocenters. The number of carbonyl (C=O) groups is 1. The second-order valence-corrected chi connectivity index (χ2v) is 6.79. The monoisotopic (exact) mass is 405 g/mol. The quantitative estimate of drug-likeness (QED) is 0.684. The van der Waals surface area contributed by atoms with E-state index in [2.05, 4.69) is 10.6 Å². The number of nitrogens with zero attached hydrogens (tertiary/aromatic N) is 1. The van der Waals surface area contributed by atoms with E-state index in [-0.39, 0.29) is 13.2 Å². The number of hydrogen-bond acceptors (Lipinski definition) is 3. The second kappa shape index (κ2) is 9.00. The first-order valence-electron chi connectivity index (χ1n) is 9.26. The Morgan fingerprint density at radius 2 is 1.90 bits per heavy atom. The molecule has 3 N–H and O–H groups in total. The van der Waals surface area contributed by atoms with Gasteiger partial charge < -0.3 is 20.6 Å². The third kappa shape index (κ3) is 4.71. The van der Waals surface area contributed by atoms with Crippen LogP contribution >= 0.6 is 0 Å². The summed E-state index contributed by atoms with van der Waals surface area (Å²) in [6, 6.07) is 6.68. The van der Waals surface area contributed by atoms with Crippen molar-refractivity contribution in [1.29, 1.82) is 0 Å². The Balaban J connectivity index is 1.87. The molecule has 0 radical (unpaired) electrons. The Kier molecular flexibility index (Phi) is 6.43. The minimum absolute atomic E-state index is 0.110. The minimum atomic E-state index is -0.957. The fourth-order valence-corrected chi connectivity index (χ4v) is 3.31. The number of aliphatic hydroxyl groups is 1. The zero-order valence-corrected chi connectivity index (χ0v) is 15.9. The van der Waals surface area contributed by atoms with E-state index in [0.717, 1.165) is 12.1 Å². The van der Waals surface area contributed by atoms with E-state index in [1.165, 1.54) is 29.2 Å². The van der Waals surface area contributed by atoms with Crippen LogP contribution in [0.4, 0.5) is 23.7 Å². The highest BCUT2D eigenvalue weighted by Gasteiger charge is 2.27. The molecule has 0 saturated carbocycles. The zero-order chi connectivity index (χ0) is 21.0. The van der Waals surface area contributed by atoms with Gasteiger partial charge in [0.1, 0.15) is 5.82 Å².